The first kappa shape index (κ1) is 20.4. The highest BCUT2D eigenvalue weighted by molar-refractivity contribution is 6.28. The number of nitrogens with zero attached hydrogens (tertiary/aromatic N) is 6. The maximum absolute atomic E-state index is 10.9. The molecule has 0 saturated heterocycles. The van der Waals surface area contributed by atoms with Crippen molar-refractivity contribution in [3.63, 3.8) is 0 Å². The third-order valence-electron chi connectivity index (χ3n) is 5.02. The Morgan fingerprint density at radius 3 is 2.73 bits per heavy atom. The summed E-state index contributed by atoms with van der Waals surface area (Å²) in [5.41, 5.74) is 1.89. The van der Waals surface area contributed by atoms with Gasteiger partial charge in [0, 0.05) is 43.4 Å². The summed E-state index contributed by atoms with van der Waals surface area (Å²) in [5, 5.41) is 21.7. The van der Waals surface area contributed by atoms with Crippen LogP contribution in [0.2, 0.25) is 5.28 Å². The SMILES string of the molecule is CC(O)(CN1CCc2nc(-c3ccccc3)ncc2C1)Cn1cc([N+](=O)[O-])nc1Cl. The predicted octanol–water partition coefficient (Wildman–Crippen LogP) is 2.71. The molecule has 0 spiro atoms. The zero-order valence-electron chi connectivity index (χ0n) is 16.4. The predicted molar refractivity (Wildman–Crippen MR) is 111 cm³/mol. The van der Waals surface area contributed by atoms with Gasteiger partial charge in [-0.25, -0.2) is 9.97 Å². The molecule has 0 aliphatic carbocycles. The minimum atomic E-state index is -1.15. The lowest BCUT2D eigenvalue weighted by atomic mass is 10.0. The number of nitro groups is 1. The fraction of sp³-hybridized carbons (Fsp3) is 0.350. The zero-order valence-corrected chi connectivity index (χ0v) is 17.2. The van der Waals surface area contributed by atoms with Gasteiger partial charge in [0.2, 0.25) is 0 Å². The van der Waals surface area contributed by atoms with E-state index in [-0.39, 0.29) is 17.6 Å². The molecule has 9 nitrogen and oxygen atoms in total. The molecule has 4 rings (SSSR count). The molecule has 1 aromatic carbocycles. The molecule has 1 unspecified atom stereocenters. The molecule has 0 fully saturated rings. The minimum absolute atomic E-state index is 0.0205. The molecule has 0 bridgehead atoms. The summed E-state index contributed by atoms with van der Waals surface area (Å²) in [4.78, 5) is 25.3. The molecule has 3 aromatic rings. The van der Waals surface area contributed by atoms with E-state index >= 15 is 0 Å². The van der Waals surface area contributed by atoms with E-state index in [1.807, 2.05) is 36.5 Å². The van der Waals surface area contributed by atoms with Gasteiger partial charge in [-0.1, -0.05) is 30.3 Å². The third-order valence-corrected chi connectivity index (χ3v) is 5.32. The summed E-state index contributed by atoms with van der Waals surface area (Å²) in [6.45, 7) is 3.51. The average molecular weight is 429 g/mol. The highest BCUT2D eigenvalue weighted by Gasteiger charge is 2.30. The normalized spacial score (nSPS) is 16.1. The van der Waals surface area contributed by atoms with Crippen molar-refractivity contribution in [2.45, 2.75) is 32.0 Å². The molecule has 3 heterocycles. The van der Waals surface area contributed by atoms with E-state index in [9.17, 15) is 15.2 Å². The van der Waals surface area contributed by atoms with Crippen LogP contribution in [0.5, 0.6) is 0 Å². The van der Waals surface area contributed by atoms with Gasteiger partial charge in [-0.2, -0.15) is 0 Å². The van der Waals surface area contributed by atoms with Crippen LogP contribution in [-0.4, -0.2) is 53.1 Å². The van der Waals surface area contributed by atoms with Crippen LogP contribution in [-0.2, 0) is 19.5 Å². The first-order valence-corrected chi connectivity index (χ1v) is 9.90. The lowest BCUT2D eigenvalue weighted by molar-refractivity contribution is -0.389. The molecule has 10 heteroatoms. The molecule has 156 valence electrons. The number of aliphatic hydroxyl groups is 1. The second-order valence-electron chi connectivity index (χ2n) is 7.74. The molecule has 1 N–H and O–H groups in total. The van der Waals surface area contributed by atoms with E-state index in [0.29, 0.717) is 18.9 Å². The van der Waals surface area contributed by atoms with Crippen LogP contribution in [0.3, 0.4) is 0 Å². The van der Waals surface area contributed by atoms with E-state index in [1.54, 1.807) is 6.92 Å². The van der Waals surface area contributed by atoms with Gasteiger partial charge in [0.1, 0.15) is 6.20 Å². The largest absolute Gasteiger partial charge is 0.387 e. The number of imidazole rings is 1. The molecular weight excluding hydrogens is 408 g/mol. The van der Waals surface area contributed by atoms with Gasteiger partial charge in [0.15, 0.2) is 5.82 Å². The van der Waals surface area contributed by atoms with Crippen LogP contribution in [0, 0.1) is 10.1 Å². The summed E-state index contributed by atoms with van der Waals surface area (Å²) in [6.07, 6.45) is 3.84. The van der Waals surface area contributed by atoms with Crippen LogP contribution in [0.1, 0.15) is 18.2 Å². The molecule has 1 atom stereocenters. The first-order chi connectivity index (χ1) is 14.3. The lowest BCUT2D eigenvalue weighted by Crippen LogP contribution is -2.45. The molecule has 0 amide bonds. The summed E-state index contributed by atoms with van der Waals surface area (Å²) in [7, 11) is 0. The van der Waals surface area contributed by atoms with Crippen LogP contribution in [0.4, 0.5) is 5.82 Å². The summed E-state index contributed by atoms with van der Waals surface area (Å²) in [5.74, 6) is 0.375. The van der Waals surface area contributed by atoms with Gasteiger partial charge in [0.05, 0.1) is 17.8 Å². The van der Waals surface area contributed by atoms with Crippen molar-refractivity contribution in [1.29, 1.82) is 0 Å². The van der Waals surface area contributed by atoms with Crippen molar-refractivity contribution in [2.75, 3.05) is 13.1 Å². The van der Waals surface area contributed by atoms with E-state index in [2.05, 4.69) is 14.9 Å². The summed E-state index contributed by atoms with van der Waals surface area (Å²) >= 11 is 5.98. The van der Waals surface area contributed by atoms with Crippen LogP contribution in [0.15, 0.2) is 42.7 Å². The maximum Gasteiger partial charge on any atom is 0.383 e. The number of β-amino-alcohol motifs (C(OH)–C–C–N with tert-alkyl or cyclic N) is 1. The minimum Gasteiger partial charge on any atom is -0.387 e. The Balaban J connectivity index is 1.44. The van der Waals surface area contributed by atoms with Gasteiger partial charge < -0.3 is 15.2 Å². The van der Waals surface area contributed by atoms with Crippen molar-refractivity contribution in [3.05, 3.63) is 69.4 Å². The number of hydrogen-bond donors (Lipinski definition) is 1. The highest BCUT2D eigenvalue weighted by atomic mass is 35.5. The van der Waals surface area contributed by atoms with Crippen molar-refractivity contribution in [3.8, 4) is 11.4 Å². The Bertz CT molecular complexity index is 1070. The number of hydrogen-bond acceptors (Lipinski definition) is 7. The van der Waals surface area contributed by atoms with Gasteiger partial charge in [-0.15, -0.1) is 0 Å². The quantitative estimate of drug-likeness (QED) is 0.474. The van der Waals surface area contributed by atoms with Gasteiger partial charge in [-0.05, 0) is 28.4 Å². The maximum atomic E-state index is 10.9. The lowest BCUT2D eigenvalue weighted by Gasteiger charge is -2.34. The average Bonchev–Trinajstić information content (AvgIpc) is 3.08. The first-order valence-electron chi connectivity index (χ1n) is 9.53. The van der Waals surface area contributed by atoms with Crippen molar-refractivity contribution < 1.29 is 10.0 Å². The number of benzene rings is 1. The number of aromatic nitrogens is 4. The van der Waals surface area contributed by atoms with E-state index in [1.165, 1.54) is 10.8 Å². The van der Waals surface area contributed by atoms with E-state index in [0.717, 1.165) is 29.8 Å². The molecule has 1 aliphatic rings. The Kier molecular flexibility index (Phi) is 5.50. The molecule has 0 saturated carbocycles. The Labute approximate surface area is 178 Å². The second kappa shape index (κ2) is 8.10. The molecule has 2 aromatic heterocycles. The van der Waals surface area contributed by atoms with Crippen molar-refractivity contribution in [2.24, 2.45) is 0 Å². The number of halogens is 1. The molecular formula is C20H21ClN6O3. The molecule has 0 radical (unpaired) electrons. The monoisotopic (exact) mass is 428 g/mol. The van der Waals surface area contributed by atoms with Crippen molar-refractivity contribution in [1.82, 2.24) is 24.4 Å². The fourth-order valence-corrected chi connectivity index (χ4v) is 3.91. The van der Waals surface area contributed by atoms with Gasteiger partial charge in [-0.3, -0.25) is 9.47 Å². The number of fused-ring (bicyclic) bond motifs is 1. The van der Waals surface area contributed by atoms with Gasteiger partial charge >= 0.3 is 11.1 Å². The standard InChI is InChI=1S/C20H21ClN6O3/c1-20(28,13-26-11-17(27(29)30)24-19(26)21)12-25-8-7-16-15(10-25)9-22-18(23-16)14-5-3-2-4-6-14/h2-6,9,11,28H,7-8,10,12-13H2,1H3. The zero-order chi connectivity index (χ0) is 21.3. The van der Waals surface area contributed by atoms with Crippen LogP contribution < -0.4 is 0 Å². The smallest absolute Gasteiger partial charge is 0.383 e. The molecule has 30 heavy (non-hydrogen) atoms. The molecule has 1 aliphatic heterocycles. The second-order valence-corrected chi connectivity index (χ2v) is 8.08. The summed E-state index contributed by atoms with van der Waals surface area (Å²) in [6, 6.07) is 9.85. The Morgan fingerprint density at radius 1 is 1.27 bits per heavy atom. The fourth-order valence-electron chi connectivity index (χ4n) is 3.71. The van der Waals surface area contributed by atoms with Crippen molar-refractivity contribution >= 4 is 17.4 Å². The number of rotatable bonds is 6. The van der Waals surface area contributed by atoms with Gasteiger partial charge in [0.25, 0.3) is 0 Å². The third kappa shape index (κ3) is 4.48. The van der Waals surface area contributed by atoms with Crippen LogP contribution in [0.25, 0.3) is 11.4 Å². The highest BCUT2D eigenvalue weighted by Crippen LogP contribution is 2.24. The van der Waals surface area contributed by atoms with E-state index < -0.39 is 10.5 Å². The Morgan fingerprint density at radius 2 is 2.03 bits per heavy atom. The summed E-state index contributed by atoms with van der Waals surface area (Å²) < 4.78 is 1.40. The van der Waals surface area contributed by atoms with Crippen LogP contribution >= 0.6 is 11.6 Å². The van der Waals surface area contributed by atoms with E-state index in [4.69, 9.17) is 16.6 Å². The Hall–Kier alpha value is -2.88. The topological polar surface area (TPSA) is 110 Å².